The van der Waals surface area contributed by atoms with Gasteiger partial charge in [-0.1, -0.05) is 18.2 Å². The first-order valence-corrected chi connectivity index (χ1v) is 8.11. The molecular weight excluding hydrogens is 316 g/mol. The Balaban J connectivity index is 1.97. The molecule has 0 unspecified atom stereocenters. The lowest BCUT2D eigenvalue weighted by atomic mass is 10.1. The Hall–Kier alpha value is -2.95. The largest absolute Gasteiger partial charge is 0.493 e. The number of nitrogens with one attached hydrogen (secondary N) is 2. The second kappa shape index (κ2) is 6.89. The number of hydrogen-bond acceptors (Lipinski definition) is 4. The molecule has 0 spiro atoms. The topological polar surface area (TPSA) is 63.3 Å². The zero-order valence-electron chi connectivity index (χ0n) is 14.9. The van der Waals surface area contributed by atoms with Crippen LogP contribution in [0, 0.1) is 13.8 Å². The predicted octanol–water partition coefficient (Wildman–Crippen LogP) is 3.77. The normalized spacial score (nSPS) is 10.7. The van der Waals surface area contributed by atoms with Crippen molar-refractivity contribution in [2.75, 3.05) is 19.5 Å². The quantitative estimate of drug-likeness (QED) is 0.743. The van der Waals surface area contributed by atoms with Crippen LogP contribution in [0.3, 0.4) is 0 Å². The van der Waals surface area contributed by atoms with Crippen molar-refractivity contribution in [3.8, 4) is 11.5 Å². The number of ether oxygens (including phenoxy) is 2. The molecule has 2 N–H and O–H groups in total. The van der Waals surface area contributed by atoms with E-state index in [-0.39, 0.29) is 5.56 Å². The van der Waals surface area contributed by atoms with E-state index in [2.05, 4.69) is 36.3 Å². The van der Waals surface area contributed by atoms with Crippen LogP contribution in [0.4, 0.5) is 5.69 Å². The van der Waals surface area contributed by atoms with Crippen LogP contribution in [0.1, 0.15) is 16.7 Å². The van der Waals surface area contributed by atoms with Crippen molar-refractivity contribution in [1.29, 1.82) is 0 Å². The van der Waals surface area contributed by atoms with E-state index in [0.717, 1.165) is 27.7 Å². The third kappa shape index (κ3) is 3.31. The monoisotopic (exact) mass is 338 g/mol. The Kier molecular flexibility index (Phi) is 4.65. The molecule has 0 aliphatic carbocycles. The summed E-state index contributed by atoms with van der Waals surface area (Å²) in [5.41, 5.74) is 4.65. The summed E-state index contributed by atoms with van der Waals surface area (Å²) in [5, 5.41) is 4.28. The van der Waals surface area contributed by atoms with Gasteiger partial charge >= 0.3 is 0 Å². The van der Waals surface area contributed by atoms with Crippen LogP contribution in [0.25, 0.3) is 10.9 Å². The summed E-state index contributed by atoms with van der Waals surface area (Å²) in [4.78, 5) is 15.3. The Labute approximate surface area is 146 Å². The van der Waals surface area contributed by atoms with Crippen molar-refractivity contribution in [3.05, 3.63) is 63.4 Å². The molecule has 0 amide bonds. The zero-order valence-corrected chi connectivity index (χ0v) is 14.9. The Bertz CT molecular complexity index is 956. The van der Waals surface area contributed by atoms with Crippen LogP contribution >= 0.6 is 0 Å². The number of benzene rings is 2. The Morgan fingerprint density at radius 1 is 1.00 bits per heavy atom. The van der Waals surface area contributed by atoms with Gasteiger partial charge in [0.2, 0.25) is 0 Å². The van der Waals surface area contributed by atoms with Gasteiger partial charge in [-0.3, -0.25) is 4.79 Å². The van der Waals surface area contributed by atoms with Crippen molar-refractivity contribution >= 4 is 16.6 Å². The lowest BCUT2D eigenvalue weighted by Crippen LogP contribution is -2.16. The van der Waals surface area contributed by atoms with Gasteiger partial charge < -0.3 is 19.8 Å². The van der Waals surface area contributed by atoms with E-state index in [0.29, 0.717) is 23.6 Å². The summed E-state index contributed by atoms with van der Waals surface area (Å²) in [6.07, 6.45) is 0. The Morgan fingerprint density at radius 3 is 2.28 bits per heavy atom. The summed E-state index contributed by atoms with van der Waals surface area (Å²) in [7, 11) is 3.17. The maximum atomic E-state index is 12.4. The van der Waals surface area contributed by atoms with Gasteiger partial charge in [0, 0.05) is 29.2 Å². The number of methoxy groups -OCH3 is 2. The van der Waals surface area contributed by atoms with Gasteiger partial charge in [-0.15, -0.1) is 0 Å². The SMILES string of the molecule is COc1cc2cc(CNc3c(C)cccc3C)c(=O)[nH]c2cc1OC. The minimum Gasteiger partial charge on any atom is -0.493 e. The van der Waals surface area contributed by atoms with E-state index in [4.69, 9.17) is 9.47 Å². The third-order valence-corrected chi connectivity index (χ3v) is 4.36. The summed E-state index contributed by atoms with van der Waals surface area (Å²) in [6, 6.07) is 11.7. The summed E-state index contributed by atoms with van der Waals surface area (Å²) in [5.74, 6) is 1.22. The molecule has 0 bridgehead atoms. The van der Waals surface area contributed by atoms with Crippen LogP contribution in [0.2, 0.25) is 0 Å². The molecule has 0 aliphatic rings. The molecular formula is C20H22N2O3. The average molecular weight is 338 g/mol. The smallest absolute Gasteiger partial charge is 0.253 e. The summed E-state index contributed by atoms with van der Waals surface area (Å²) < 4.78 is 10.6. The van der Waals surface area contributed by atoms with Crippen molar-refractivity contribution in [3.63, 3.8) is 0 Å². The first-order valence-electron chi connectivity index (χ1n) is 8.11. The zero-order chi connectivity index (χ0) is 18.0. The number of aromatic amines is 1. The number of hydrogen-bond donors (Lipinski definition) is 2. The van der Waals surface area contributed by atoms with Crippen molar-refractivity contribution in [2.24, 2.45) is 0 Å². The lowest BCUT2D eigenvalue weighted by molar-refractivity contribution is 0.356. The van der Waals surface area contributed by atoms with E-state index >= 15 is 0 Å². The highest BCUT2D eigenvalue weighted by atomic mass is 16.5. The van der Waals surface area contributed by atoms with E-state index in [1.165, 1.54) is 0 Å². The minimum atomic E-state index is -0.113. The molecule has 1 heterocycles. The first-order chi connectivity index (χ1) is 12.0. The number of anilines is 1. The summed E-state index contributed by atoms with van der Waals surface area (Å²) in [6.45, 7) is 4.56. The fraction of sp³-hybridized carbons (Fsp3) is 0.250. The molecule has 1 aromatic heterocycles. The molecule has 0 saturated carbocycles. The second-order valence-corrected chi connectivity index (χ2v) is 6.04. The molecule has 0 fully saturated rings. The fourth-order valence-corrected chi connectivity index (χ4v) is 2.99. The van der Waals surface area contributed by atoms with Crippen LogP contribution in [-0.4, -0.2) is 19.2 Å². The Morgan fingerprint density at radius 2 is 1.64 bits per heavy atom. The van der Waals surface area contributed by atoms with E-state index in [1.54, 1.807) is 20.3 Å². The molecule has 0 saturated heterocycles. The number of fused-ring (bicyclic) bond motifs is 1. The number of H-pyrrole nitrogens is 1. The molecule has 3 rings (SSSR count). The van der Waals surface area contributed by atoms with Crippen LogP contribution < -0.4 is 20.3 Å². The van der Waals surface area contributed by atoms with Gasteiger partial charge in [0.25, 0.3) is 5.56 Å². The maximum Gasteiger partial charge on any atom is 0.253 e. The van der Waals surface area contributed by atoms with Crippen molar-refractivity contribution < 1.29 is 9.47 Å². The molecule has 0 radical (unpaired) electrons. The van der Waals surface area contributed by atoms with Crippen LogP contribution in [0.15, 0.2) is 41.2 Å². The van der Waals surface area contributed by atoms with Crippen LogP contribution in [0.5, 0.6) is 11.5 Å². The molecule has 130 valence electrons. The third-order valence-electron chi connectivity index (χ3n) is 4.36. The van der Waals surface area contributed by atoms with Gasteiger partial charge in [0.15, 0.2) is 11.5 Å². The molecule has 2 aromatic carbocycles. The van der Waals surface area contributed by atoms with Gasteiger partial charge in [0.05, 0.1) is 19.7 Å². The molecule has 0 aliphatic heterocycles. The van der Waals surface area contributed by atoms with Crippen molar-refractivity contribution in [1.82, 2.24) is 4.98 Å². The highest BCUT2D eigenvalue weighted by molar-refractivity contribution is 5.83. The standard InChI is InChI=1S/C20H22N2O3/c1-12-6-5-7-13(2)19(12)21-11-15-8-14-9-17(24-3)18(25-4)10-16(14)22-20(15)23/h5-10,21H,11H2,1-4H3,(H,22,23). The molecule has 5 heteroatoms. The fourth-order valence-electron chi connectivity index (χ4n) is 2.99. The van der Waals surface area contributed by atoms with Gasteiger partial charge in [0.1, 0.15) is 0 Å². The van der Waals surface area contributed by atoms with Gasteiger partial charge in [-0.25, -0.2) is 0 Å². The average Bonchev–Trinajstić information content (AvgIpc) is 2.60. The number of rotatable bonds is 5. The van der Waals surface area contributed by atoms with E-state index < -0.39 is 0 Å². The molecule has 25 heavy (non-hydrogen) atoms. The van der Waals surface area contributed by atoms with Gasteiger partial charge in [-0.2, -0.15) is 0 Å². The van der Waals surface area contributed by atoms with Crippen LogP contribution in [-0.2, 0) is 6.54 Å². The maximum absolute atomic E-state index is 12.4. The van der Waals surface area contributed by atoms with Crippen molar-refractivity contribution in [2.45, 2.75) is 20.4 Å². The minimum absolute atomic E-state index is 0.113. The second-order valence-electron chi connectivity index (χ2n) is 6.04. The molecule has 0 atom stereocenters. The van der Waals surface area contributed by atoms with E-state index in [9.17, 15) is 4.79 Å². The number of aryl methyl sites for hydroxylation is 2. The number of aromatic nitrogens is 1. The highest BCUT2D eigenvalue weighted by Crippen LogP contribution is 2.31. The first kappa shape index (κ1) is 16.9. The number of para-hydroxylation sites is 1. The van der Waals surface area contributed by atoms with E-state index in [1.807, 2.05) is 18.2 Å². The highest BCUT2D eigenvalue weighted by Gasteiger charge is 2.10. The van der Waals surface area contributed by atoms with Gasteiger partial charge in [-0.05, 0) is 37.1 Å². The summed E-state index contributed by atoms with van der Waals surface area (Å²) >= 11 is 0. The molecule has 5 nitrogen and oxygen atoms in total. The lowest BCUT2D eigenvalue weighted by Gasteiger charge is -2.13. The predicted molar refractivity (Wildman–Crippen MR) is 101 cm³/mol. The number of pyridine rings is 1. The molecule has 3 aromatic rings.